The molecule has 5 heteroatoms. The number of benzene rings is 2. The second kappa shape index (κ2) is 5.75. The van der Waals surface area contributed by atoms with Crippen molar-refractivity contribution >= 4 is 21.8 Å². The maximum atomic E-state index is 11.9. The fourth-order valence-electron chi connectivity index (χ4n) is 1.59. The first kappa shape index (κ1) is 13.4. The van der Waals surface area contributed by atoms with Gasteiger partial charge in [-0.15, -0.1) is 0 Å². The minimum absolute atomic E-state index is 0.0815. The number of hydrogen-bond donors (Lipinski definition) is 3. The van der Waals surface area contributed by atoms with Crippen LogP contribution in [0.3, 0.4) is 0 Å². The van der Waals surface area contributed by atoms with E-state index >= 15 is 0 Å². The van der Waals surface area contributed by atoms with Crippen molar-refractivity contribution in [3.63, 3.8) is 0 Å². The third-order valence-electron chi connectivity index (χ3n) is 2.59. The summed E-state index contributed by atoms with van der Waals surface area (Å²) in [6.45, 7) is 0.367. The van der Waals surface area contributed by atoms with Gasteiger partial charge in [-0.25, -0.2) is 0 Å². The summed E-state index contributed by atoms with van der Waals surface area (Å²) in [5.41, 5.74) is 1.09. The summed E-state index contributed by atoms with van der Waals surface area (Å²) in [4.78, 5) is 11.9. The normalized spacial score (nSPS) is 10.2. The van der Waals surface area contributed by atoms with Crippen LogP contribution in [-0.4, -0.2) is 16.1 Å². The van der Waals surface area contributed by atoms with Gasteiger partial charge in [0.15, 0.2) is 0 Å². The molecule has 2 rings (SSSR count). The highest BCUT2D eigenvalue weighted by molar-refractivity contribution is 9.10. The van der Waals surface area contributed by atoms with Gasteiger partial charge >= 0.3 is 0 Å². The van der Waals surface area contributed by atoms with E-state index in [0.29, 0.717) is 6.54 Å². The molecular formula is C14H12BrNO3. The Kier molecular flexibility index (Phi) is 4.06. The standard InChI is InChI=1S/C14H12BrNO3/c15-10-3-1-9(2-4-10)8-16-14(19)12-6-5-11(17)7-13(12)18/h1-7,17-18H,8H2,(H,16,19). The maximum Gasteiger partial charge on any atom is 0.255 e. The molecule has 0 unspecified atom stereocenters. The second-order valence-corrected chi connectivity index (χ2v) is 4.93. The summed E-state index contributed by atoms with van der Waals surface area (Å²) in [6.07, 6.45) is 0. The van der Waals surface area contributed by atoms with Gasteiger partial charge in [0, 0.05) is 17.1 Å². The number of aromatic hydroxyl groups is 2. The zero-order valence-corrected chi connectivity index (χ0v) is 11.5. The number of hydrogen-bond acceptors (Lipinski definition) is 3. The van der Waals surface area contributed by atoms with Crippen molar-refractivity contribution < 1.29 is 15.0 Å². The summed E-state index contributed by atoms with van der Waals surface area (Å²) < 4.78 is 0.971. The van der Waals surface area contributed by atoms with Gasteiger partial charge in [-0.1, -0.05) is 28.1 Å². The smallest absolute Gasteiger partial charge is 0.255 e. The summed E-state index contributed by atoms with van der Waals surface area (Å²) in [5, 5.41) is 21.4. The lowest BCUT2D eigenvalue weighted by Gasteiger charge is -2.07. The first-order valence-corrected chi connectivity index (χ1v) is 6.40. The summed E-state index contributed by atoms with van der Waals surface area (Å²) in [5.74, 6) is -0.712. The lowest BCUT2D eigenvalue weighted by molar-refractivity contribution is 0.0948. The predicted octanol–water partition coefficient (Wildman–Crippen LogP) is 2.79. The SMILES string of the molecule is O=C(NCc1ccc(Br)cc1)c1ccc(O)cc1O. The monoisotopic (exact) mass is 321 g/mol. The number of amides is 1. The van der Waals surface area contributed by atoms with Gasteiger partial charge < -0.3 is 15.5 Å². The van der Waals surface area contributed by atoms with Crippen molar-refractivity contribution in [1.82, 2.24) is 5.32 Å². The zero-order valence-electron chi connectivity index (χ0n) is 9.93. The lowest BCUT2D eigenvalue weighted by atomic mass is 10.1. The zero-order chi connectivity index (χ0) is 13.8. The minimum Gasteiger partial charge on any atom is -0.508 e. The van der Waals surface area contributed by atoms with E-state index in [1.807, 2.05) is 24.3 Å². The number of carbonyl (C=O) groups is 1. The van der Waals surface area contributed by atoms with Crippen LogP contribution in [0.1, 0.15) is 15.9 Å². The molecule has 0 atom stereocenters. The van der Waals surface area contributed by atoms with Gasteiger partial charge in [0.05, 0.1) is 5.56 Å². The van der Waals surface area contributed by atoms with Crippen LogP contribution in [-0.2, 0) is 6.54 Å². The van der Waals surface area contributed by atoms with Crippen molar-refractivity contribution in [3.8, 4) is 11.5 Å². The molecule has 0 radical (unpaired) electrons. The van der Waals surface area contributed by atoms with Crippen LogP contribution in [0.2, 0.25) is 0 Å². The molecule has 0 bridgehead atoms. The van der Waals surface area contributed by atoms with E-state index in [4.69, 9.17) is 5.11 Å². The van der Waals surface area contributed by atoms with Crippen LogP contribution < -0.4 is 5.32 Å². The van der Waals surface area contributed by atoms with E-state index in [1.165, 1.54) is 12.1 Å². The highest BCUT2D eigenvalue weighted by atomic mass is 79.9. The third kappa shape index (κ3) is 3.48. The van der Waals surface area contributed by atoms with Gasteiger partial charge in [-0.2, -0.15) is 0 Å². The molecule has 0 fully saturated rings. The fourth-order valence-corrected chi connectivity index (χ4v) is 1.86. The molecule has 4 nitrogen and oxygen atoms in total. The topological polar surface area (TPSA) is 69.6 Å². The highest BCUT2D eigenvalue weighted by Crippen LogP contribution is 2.22. The summed E-state index contributed by atoms with van der Waals surface area (Å²) >= 11 is 3.33. The van der Waals surface area contributed by atoms with Gasteiger partial charge in [0.1, 0.15) is 11.5 Å². The average Bonchev–Trinajstić information content (AvgIpc) is 2.37. The third-order valence-corrected chi connectivity index (χ3v) is 3.12. The van der Waals surface area contributed by atoms with Crippen LogP contribution in [0.25, 0.3) is 0 Å². The fraction of sp³-hybridized carbons (Fsp3) is 0.0714. The molecule has 0 aromatic heterocycles. The number of nitrogens with one attached hydrogen (secondary N) is 1. The Labute approximate surface area is 118 Å². The first-order chi connectivity index (χ1) is 9.06. The highest BCUT2D eigenvalue weighted by Gasteiger charge is 2.11. The van der Waals surface area contributed by atoms with Gasteiger partial charge in [-0.3, -0.25) is 4.79 Å². The first-order valence-electron chi connectivity index (χ1n) is 5.61. The number of rotatable bonds is 3. The summed E-state index contributed by atoms with van der Waals surface area (Å²) in [7, 11) is 0. The number of halogens is 1. The van der Waals surface area contributed by atoms with Crippen molar-refractivity contribution in [2.75, 3.05) is 0 Å². The molecule has 0 aliphatic carbocycles. The van der Waals surface area contributed by atoms with Crippen LogP contribution >= 0.6 is 15.9 Å². The lowest BCUT2D eigenvalue weighted by Crippen LogP contribution is -2.22. The van der Waals surface area contributed by atoms with Crippen LogP contribution in [0.4, 0.5) is 0 Å². The second-order valence-electron chi connectivity index (χ2n) is 4.01. The molecule has 0 saturated heterocycles. The predicted molar refractivity (Wildman–Crippen MR) is 75.1 cm³/mol. The minimum atomic E-state index is -0.389. The van der Waals surface area contributed by atoms with Gasteiger partial charge in [0.2, 0.25) is 0 Å². The Balaban J connectivity index is 2.03. The molecular weight excluding hydrogens is 310 g/mol. The van der Waals surface area contributed by atoms with Gasteiger partial charge in [0.25, 0.3) is 5.91 Å². The van der Waals surface area contributed by atoms with Crippen LogP contribution in [0.5, 0.6) is 11.5 Å². The largest absolute Gasteiger partial charge is 0.508 e. The van der Waals surface area contributed by atoms with Crippen molar-refractivity contribution in [1.29, 1.82) is 0 Å². The molecule has 0 heterocycles. The molecule has 0 aliphatic rings. The Bertz CT molecular complexity index is 596. The molecule has 2 aromatic carbocycles. The Morgan fingerprint density at radius 1 is 1.11 bits per heavy atom. The Morgan fingerprint density at radius 3 is 2.42 bits per heavy atom. The van der Waals surface area contributed by atoms with Crippen LogP contribution in [0, 0.1) is 0 Å². The number of carbonyl (C=O) groups excluding carboxylic acids is 1. The van der Waals surface area contributed by atoms with E-state index in [0.717, 1.165) is 16.1 Å². The molecule has 0 aliphatic heterocycles. The number of phenols is 2. The molecule has 19 heavy (non-hydrogen) atoms. The molecule has 0 spiro atoms. The molecule has 2 aromatic rings. The summed E-state index contributed by atoms with van der Waals surface area (Å²) in [6, 6.07) is 11.4. The van der Waals surface area contributed by atoms with E-state index in [9.17, 15) is 9.90 Å². The maximum absolute atomic E-state index is 11.9. The number of phenolic OH excluding ortho intramolecular Hbond substituents is 2. The van der Waals surface area contributed by atoms with Crippen molar-refractivity contribution in [3.05, 3.63) is 58.1 Å². The van der Waals surface area contributed by atoms with E-state index < -0.39 is 0 Å². The van der Waals surface area contributed by atoms with Crippen LogP contribution in [0.15, 0.2) is 46.9 Å². The van der Waals surface area contributed by atoms with E-state index in [-0.39, 0.29) is 23.0 Å². The van der Waals surface area contributed by atoms with Crippen molar-refractivity contribution in [2.45, 2.75) is 6.54 Å². The Morgan fingerprint density at radius 2 is 1.79 bits per heavy atom. The molecule has 3 N–H and O–H groups in total. The average molecular weight is 322 g/mol. The molecule has 1 amide bonds. The van der Waals surface area contributed by atoms with E-state index in [1.54, 1.807) is 0 Å². The quantitative estimate of drug-likeness (QED) is 0.814. The van der Waals surface area contributed by atoms with E-state index in [2.05, 4.69) is 21.2 Å². The Hall–Kier alpha value is -2.01. The van der Waals surface area contributed by atoms with Crippen molar-refractivity contribution in [2.24, 2.45) is 0 Å². The molecule has 98 valence electrons. The molecule has 0 saturated carbocycles. The van der Waals surface area contributed by atoms with Gasteiger partial charge in [-0.05, 0) is 29.8 Å².